The molecule has 3 unspecified atom stereocenters. The van der Waals surface area contributed by atoms with Gasteiger partial charge in [-0.2, -0.15) is 11.8 Å². The van der Waals surface area contributed by atoms with E-state index in [2.05, 4.69) is 37.2 Å². The van der Waals surface area contributed by atoms with Gasteiger partial charge >= 0.3 is 0 Å². The summed E-state index contributed by atoms with van der Waals surface area (Å²) in [6.07, 6.45) is 10.8. The van der Waals surface area contributed by atoms with E-state index in [9.17, 15) is 0 Å². The Morgan fingerprint density at radius 3 is 2.56 bits per heavy atom. The van der Waals surface area contributed by atoms with E-state index >= 15 is 0 Å². The van der Waals surface area contributed by atoms with Gasteiger partial charge in [0.15, 0.2) is 0 Å². The van der Waals surface area contributed by atoms with Crippen molar-refractivity contribution in [2.45, 2.75) is 63.2 Å². The monoisotopic (exact) mass is 241 g/mol. The average Bonchev–Trinajstić information content (AvgIpc) is 2.22. The Morgan fingerprint density at radius 1 is 1.25 bits per heavy atom. The lowest BCUT2D eigenvalue weighted by atomic mass is 9.79. The molecular formula is C14H27NS. The van der Waals surface area contributed by atoms with Crippen molar-refractivity contribution in [2.24, 2.45) is 11.8 Å². The fraction of sp³-hybridized carbons (Fsp3) is 1.00. The van der Waals surface area contributed by atoms with Crippen molar-refractivity contribution in [3.8, 4) is 0 Å². The minimum Gasteiger partial charge on any atom is -0.312 e. The summed E-state index contributed by atoms with van der Waals surface area (Å²) in [5.41, 5.74) is 0. The lowest BCUT2D eigenvalue weighted by Crippen LogP contribution is -2.49. The molecule has 2 aliphatic rings. The largest absolute Gasteiger partial charge is 0.312 e. The highest BCUT2D eigenvalue weighted by Crippen LogP contribution is 2.42. The highest BCUT2D eigenvalue weighted by molar-refractivity contribution is 8.00. The van der Waals surface area contributed by atoms with Crippen LogP contribution in [0.5, 0.6) is 0 Å². The van der Waals surface area contributed by atoms with Gasteiger partial charge in [-0.05, 0) is 43.8 Å². The molecule has 3 atom stereocenters. The van der Waals surface area contributed by atoms with Crippen LogP contribution in [0.2, 0.25) is 0 Å². The first-order chi connectivity index (χ1) is 7.65. The molecule has 0 spiro atoms. The van der Waals surface area contributed by atoms with Crippen LogP contribution in [0.25, 0.3) is 0 Å². The molecule has 1 nitrogen and oxygen atoms in total. The Bertz CT molecular complexity index is 219. The summed E-state index contributed by atoms with van der Waals surface area (Å²) in [5, 5.41) is 3.87. The number of hydrogen-bond donors (Lipinski definition) is 1. The fourth-order valence-corrected chi connectivity index (χ4v) is 4.08. The van der Waals surface area contributed by atoms with Gasteiger partial charge in [-0.25, -0.2) is 0 Å². The van der Waals surface area contributed by atoms with Crippen molar-refractivity contribution in [1.82, 2.24) is 5.32 Å². The molecule has 16 heavy (non-hydrogen) atoms. The zero-order valence-electron chi connectivity index (χ0n) is 11.1. The van der Waals surface area contributed by atoms with E-state index in [4.69, 9.17) is 0 Å². The van der Waals surface area contributed by atoms with Crippen molar-refractivity contribution >= 4 is 11.8 Å². The van der Waals surface area contributed by atoms with E-state index in [1.165, 1.54) is 45.1 Å². The zero-order valence-corrected chi connectivity index (χ0v) is 11.9. The molecule has 2 aliphatic carbocycles. The smallest absolute Gasteiger partial charge is 0.0281 e. The van der Waals surface area contributed by atoms with Gasteiger partial charge < -0.3 is 5.32 Å². The molecule has 2 rings (SSSR count). The van der Waals surface area contributed by atoms with Crippen molar-refractivity contribution < 1.29 is 0 Å². The average molecular weight is 241 g/mol. The summed E-state index contributed by atoms with van der Waals surface area (Å²) in [5.74, 6) is 1.82. The Hall–Kier alpha value is 0.310. The van der Waals surface area contributed by atoms with Crippen LogP contribution in [0.3, 0.4) is 0 Å². The molecule has 2 heteroatoms. The molecule has 0 heterocycles. The summed E-state index contributed by atoms with van der Waals surface area (Å²) in [4.78, 5) is 0. The van der Waals surface area contributed by atoms with Crippen LogP contribution in [0.1, 0.15) is 52.4 Å². The minimum absolute atomic E-state index is 0.598. The molecular weight excluding hydrogens is 214 g/mol. The van der Waals surface area contributed by atoms with E-state index in [0.29, 0.717) is 4.75 Å². The molecule has 0 saturated heterocycles. The zero-order chi connectivity index (χ0) is 11.6. The third kappa shape index (κ3) is 2.76. The lowest BCUT2D eigenvalue weighted by Gasteiger charge is -2.43. The third-order valence-electron chi connectivity index (χ3n) is 4.84. The Morgan fingerprint density at radius 2 is 2.00 bits per heavy atom. The highest BCUT2D eigenvalue weighted by atomic mass is 32.2. The summed E-state index contributed by atoms with van der Waals surface area (Å²) in [7, 11) is 0. The summed E-state index contributed by atoms with van der Waals surface area (Å²) < 4.78 is 0.598. The van der Waals surface area contributed by atoms with Gasteiger partial charge in [-0.1, -0.05) is 26.7 Å². The minimum atomic E-state index is 0.598. The van der Waals surface area contributed by atoms with Gasteiger partial charge in [0.25, 0.3) is 0 Å². The van der Waals surface area contributed by atoms with Gasteiger partial charge in [0.2, 0.25) is 0 Å². The van der Waals surface area contributed by atoms with E-state index in [-0.39, 0.29) is 0 Å². The summed E-state index contributed by atoms with van der Waals surface area (Å²) >= 11 is 2.09. The van der Waals surface area contributed by atoms with Crippen molar-refractivity contribution in [1.29, 1.82) is 0 Å². The molecule has 0 amide bonds. The van der Waals surface area contributed by atoms with Crippen molar-refractivity contribution in [3.63, 3.8) is 0 Å². The first-order valence-corrected chi connectivity index (χ1v) is 8.16. The molecule has 2 fully saturated rings. The summed E-state index contributed by atoms with van der Waals surface area (Å²) in [6.45, 7) is 6.08. The molecule has 0 bridgehead atoms. The van der Waals surface area contributed by atoms with E-state index in [1.807, 2.05) is 0 Å². The third-order valence-corrected chi connectivity index (χ3v) is 6.26. The predicted octanol–water partition coefficient (Wildman–Crippen LogP) is 3.69. The second-order valence-corrected chi connectivity index (χ2v) is 7.40. The van der Waals surface area contributed by atoms with Crippen LogP contribution in [-0.4, -0.2) is 23.6 Å². The fourth-order valence-electron chi connectivity index (χ4n) is 3.16. The van der Waals surface area contributed by atoms with Crippen LogP contribution in [0.4, 0.5) is 0 Å². The van der Waals surface area contributed by atoms with Crippen LogP contribution in [0.15, 0.2) is 0 Å². The van der Waals surface area contributed by atoms with Crippen LogP contribution in [0, 0.1) is 11.8 Å². The number of nitrogens with one attached hydrogen (secondary N) is 1. The maximum Gasteiger partial charge on any atom is 0.0281 e. The molecule has 94 valence electrons. The SMILES string of the molecule is CSC1(CNC2CC(C)CCC2C)CCC1. The predicted molar refractivity (Wildman–Crippen MR) is 74.1 cm³/mol. The maximum absolute atomic E-state index is 3.87. The van der Waals surface area contributed by atoms with E-state index in [0.717, 1.165) is 17.9 Å². The van der Waals surface area contributed by atoms with E-state index < -0.39 is 0 Å². The number of hydrogen-bond acceptors (Lipinski definition) is 2. The van der Waals surface area contributed by atoms with E-state index in [1.54, 1.807) is 0 Å². The molecule has 0 aliphatic heterocycles. The molecule has 0 radical (unpaired) electrons. The molecule has 0 aromatic carbocycles. The molecule has 0 aromatic heterocycles. The van der Waals surface area contributed by atoms with Gasteiger partial charge in [0.05, 0.1) is 0 Å². The van der Waals surface area contributed by atoms with Gasteiger partial charge in [0, 0.05) is 17.3 Å². The number of thioether (sulfide) groups is 1. The van der Waals surface area contributed by atoms with Crippen LogP contribution >= 0.6 is 11.8 Å². The van der Waals surface area contributed by atoms with Gasteiger partial charge in [0.1, 0.15) is 0 Å². The van der Waals surface area contributed by atoms with Gasteiger partial charge in [-0.15, -0.1) is 0 Å². The second kappa shape index (κ2) is 5.30. The normalized spacial score (nSPS) is 38.1. The second-order valence-electron chi connectivity index (χ2n) is 6.12. The Labute approximate surface area is 105 Å². The van der Waals surface area contributed by atoms with Gasteiger partial charge in [-0.3, -0.25) is 0 Å². The quantitative estimate of drug-likeness (QED) is 0.805. The first kappa shape index (κ1) is 12.8. The topological polar surface area (TPSA) is 12.0 Å². The Balaban J connectivity index is 1.79. The molecule has 1 N–H and O–H groups in total. The Kier molecular flexibility index (Phi) is 4.23. The first-order valence-electron chi connectivity index (χ1n) is 6.94. The van der Waals surface area contributed by atoms with Crippen molar-refractivity contribution in [2.75, 3.05) is 12.8 Å². The highest BCUT2D eigenvalue weighted by Gasteiger charge is 2.37. The van der Waals surface area contributed by atoms with Crippen molar-refractivity contribution in [3.05, 3.63) is 0 Å². The number of rotatable bonds is 4. The molecule has 0 aromatic rings. The molecule has 2 saturated carbocycles. The maximum atomic E-state index is 3.87. The van der Waals surface area contributed by atoms with Crippen LogP contribution in [-0.2, 0) is 0 Å². The van der Waals surface area contributed by atoms with Crippen LogP contribution < -0.4 is 5.32 Å². The summed E-state index contributed by atoms with van der Waals surface area (Å²) in [6, 6.07) is 0.786. The standard InChI is InChI=1S/C14H27NS/c1-11-5-6-12(2)13(9-11)15-10-14(16-3)7-4-8-14/h11-13,15H,4-10H2,1-3H3. The lowest BCUT2D eigenvalue weighted by molar-refractivity contribution is 0.213.